The highest BCUT2D eigenvalue weighted by atomic mass is 32.1. The number of carbonyl (C=O) groups is 1. The fourth-order valence-electron chi connectivity index (χ4n) is 2.27. The van der Waals surface area contributed by atoms with Gasteiger partial charge in [-0.05, 0) is 37.3 Å². The molecule has 0 saturated heterocycles. The molecule has 1 heterocycles. The van der Waals surface area contributed by atoms with Crippen LogP contribution < -0.4 is 5.32 Å². The standard InChI is InChI=1S/C17H22N2O2S/c20-16(18-10-3-11-21-12-13-6-7-13)8-9-17-19-14-4-1-2-5-15(14)22-17/h1-2,4-5,13H,3,6-12H2,(H,18,20). The van der Waals surface area contributed by atoms with Gasteiger partial charge in [0, 0.05) is 32.6 Å². The molecule has 2 aromatic rings. The number of rotatable bonds is 9. The third-order valence-corrected chi connectivity index (χ3v) is 4.84. The Morgan fingerprint density at radius 2 is 2.23 bits per heavy atom. The van der Waals surface area contributed by atoms with Crippen LogP contribution in [0.15, 0.2) is 24.3 Å². The Morgan fingerprint density at radius 1 is 1.36 bits per heavy atom. The van der Waals surface area contributed by atoms with E-state index < -0.39 is 0 Å². The highest BCUT2D eigenvalue weighted by molar-refractivity contribution is 7.18. The number of aromatic nitrogens is 1. The van der Waals surface area contributed by atoms with Crippen LogP contribution in [0.3, 0.4) is 0 Å². The Labute approximate surface area is 134 Å². The van der Waals surface area contributed by atoms with Crippen LogP contribution in [0.1, 0.15) is 30.7 Å². The van der Waals surface area contributed by atoms with Crippen LogP contribution in [-0.4, -0.2) is 30.6 Å². The number of ether oxygens (including phenoxy) is 1. The molecule has 0 unspecified atom stereocenters. The summed E-state index contributed by atoms with van der Waals surface area (Å²) in [6.07, 6.45) is 4.75. The van der Waals surface area contributed by atoms with Gasteiger partial charge in [-0.2, -0.15) is 0 Å². The van der Waals surface area contributed by atoms with E-state index >= 15 is 0 Å². The van der Waals surface area contributed by atoms with Crippen LogP contribution in [-0.2, 0) is 16.0 Å². The zero-order valence-electron chi connectivity index (χ0n) is 12.7. The molecule has 5 heteroatoms. The summed E-state index contributed by atoms with van der Waals surface area (Å²) in [5.74, 6) is 0.907. The summed E-state index contributed by atoms with van der Waals surface area (Å²) in [5, 5.41) is 3.98. The van der Waals surface area contributed by atoms with Gasteiger partial charge in [-0.15, -0.1) is 11.3 Å². The summed E-state index contributed by atoms with van der Waals surface area (Å²) in [5.41, 5.74) is 1.02. The van der Waals surface area contributed by atoms with Gasteiger partial charge < -0.3 is 10.1 Å². The van der Waals surface area contributed by atoms with E-state index in [1.807, 2.05) is 18.2 Å². The molecule has 1 fully saturated rings. The molecule has 4 nitrogen and oxygen atoms in total. The second-order valence-corrected chi connectivity index (χ2v) is 6.91. The molecule has 3 rings (SSSR count). The van der Waals surface area contributed by atoms with Crippen LogP contribution in [0, 0.1) is 5.92 Å². The predicted octanol–water partition coefficient (Wildman–Crippen LogP) is 3.16. The molecule has 22 heavy (non-hydrogen) atoms. The van der Waals surface area contributed by atoms with Crippen molar-refractivity contribution in [3.63, 3.8) is 0 Å². The number of fused-ring (bicyclic) bond motifs is 1. The summed E-state index contributed by atoms with van der Waals surface area (Å²) in [4.78, 5) is 16.4. The van der Waals surface area contributed by atoms with Crippen molar-refractivity contribution in [2.75, 3.05) is 19.8 Å². The van der Waals surface area contributed by atoms with Crippen molar-refractivity contribution in [2.24, 2.45) is 5.92 Å². The van der Waals surface area contributed by atoms with Crippen LogP contribution in [0.4, 0.5) is 0 Å². The first-order valence-corrected chi connectivity index (χ1v) is 8.82. The Kier molecular flexibility index (Phi) is 5.40. The minimum Gasteiger partial charge on any atom is -0.381 e. The molecule has 0 atom stereocenters. The molecule has 0 bridgehead atoms. The number of nitrogens with zero attached hydrogens (tertiary/aromatic N) is 1. The van der Waals surface area contributed by atoms with E-state index in [0.717, 1.165) is 36.1 Å². The maximum atomic E-state index is 11.8. The third-order valence-electron chi connectivity index (χ3n) is 3.74. The number of thiazole rings is 1. The lowest BCUT2D eigenvalue weighted by Gasteiger charge is -2.05. The van der Waals surface area contributed by atoms with Gasteiger partial charge in [-0.3, -0.25) is 4.79 Å². The minimum atomic E-state index is 0.0986. The first kappa shape index (κ1) is 15.4. The van der Waals surface area contributed by atoms with Crippen LogP contribution in [0.5, 0.6) is 0 Å². The molecule has 0 aliphatic heterocycles. The SMILES string of the molecule is O=C(CCc1nc2ccccc2s1)NCCCOCC1CC1. The lowest BCUT2D eigenvalue weighted by Crippen LogP contribution is -2.25. The monoisotopic (exact) mass is 318 g/mol. The summed E-state index contributed by atoms with van der Waals surface area (Å²) >= 11 is 1.67. The van der Waals surface area contributed by atoms with Crippen molar-refractivity contribution in [3.05, 3.63) is 29.3 Å². The smallest absolute Gasteiger partial charge is 0.220 e. The van der Waals surface area contributed by atoms with Crippen molar-refractivity contribution in [1.29, 1.82) is 0 Å². The van der Waals surface area contributed by atoms with Crippen molar-refractivity contribution < 1.29 is 9.53 Å². The molecular weight excluding hydrogens is 296 g/mol. The highest BCUT2D eigenvalue weighted by Gasteiger charge is 2.20. The molecule has 1 amide bonds. The van der Waals surface area contributed by atoms with Gasteiger partial charge in [0.25, 0.3) is 0 Å². The van der Waals surface area contributed by atoms with Crippen molar-refractivity contribution in [3.8, 4) is 0 Å². The van der Waals surface area contributed by atoms with E-state index in [2.05, 4.69) is 16.4 Å². The Morgan fingerprint density at radius 3 is 3.05 bits per heavy atom. The number of hydrogen-bond donors (Lipinski definition) is 1. The predicted molar refractivity (Wildman–Crippen MR) is 89.1 cm³/mol. The number of nitrogens with one attached hydrogen (secondary N) is 1. The van der Waals surface area contributed by atoms with Crippen LogP contribution in [0.2, 0.25) is 0 Å². The number of aryl methyl sites for hydroxylation is 1. The number of hydrogen-bond acceptors (Lipinski definition) is 4. The molecule has 1 saturated carbocycles. The van der Waals surface area contributed by atoms with Gasteiger partial charge in [0.2, 0.25) is 5.91 Å². The van der Waals surface area contributed by atoms with Gasteiger partial charge in [0.15, 0.2) is 0 Å². The number of para-hydroxylation sites is 1. The molecule has 1 aromatic heterocycles. The maximum absolute atomic E-state index is 11.8. The molecule has 1 N–H and O–H groups in total. The van der Waals surface area contributed by atoms with E-state index in [-0.39, 0.29) is 5.91 Å². The number of amides is 1. The molecule has 1 aliphatic carbocycles. The lowest BCUT2D eigenvalue weighted by molar-refractivity contribution is -0.121. The fraction of sp³-hybridized carbons (Fsp3) is 0.529. The van der Waals surface area contributed by atoms with Crippen molar-refractivity contribution >= 4 is 27.5 Å². The molecule has 1 aliphatic rings. The van der Waals surface area contributed by atoms with Gasteiger partial charge in [0.05, 0.1) is 15.2 Å². The maximum Gasteiger partial charge on any atom is 0.220 e. The Hall–Kier alpha value is -1.46. The first-order valence-electron chi connectivity index (χ1n) is 8.00. The third kappa shape index (κ3) is 4.78. The van der Waals surface area contributed by atoms with Crippen molar-refractivity contribution in [1.82, 2.24) is 10.3 Å². The molecule has 0 spiro atoms. The summed E-state index contributed by atoms with van der Waals surface area (Å²) in [6.45, 7) is 2.34. The summed E-state index contributed by atoms with van der Waals surface area (Å²) < 4.78 is 6.73. The molecular formula is C17H22N2O2S. The Bertz CT molecular complexity index is 589. The van der Waals surface area contributed by atoms with Gasteiger partial charge >= 0.3 is 0 Å². The largest absolute Gasteiger partial charge is 0.381 e. The second kappa shape index (κ2) is 7.70. The van der Waals surface area contributed by atoms with Crippen LogP contribution in [0.25, 0.3) is 10.2 Å². The van der Waals surface area contributed by atoms with E-state index in [4.69, 9.17) is 4.74 Å². The van der Waals surface area contributed by atoms with Gasteiger partial charge in [-0.25, -0.2) is 4.98 Å². The fourth-order valence-corrected chi connectivity index (χ4v) is 3.24. The normalized spacial score (nSPS) is 14.4. The van der Waals surface area contributed by atoms with Gasteiger partial charge in [-0.1, -0.05) is 12.1 Å². The molecule has 1 aromatic carbocycles. The average molecular weight is 318 g/mol. The number of carbonyl (C=O) groups excluding carboxylic acids is 1. The summed E-state index contributed by atoms with van der Waals surface area (Å²) in [7, 11) is 0. The minimum absolute atomic E-state index is 0.0986. The summed E-state index contributed by atoms with van der Waals surface area (Å²) in [6, 6.07) is 8.08. The Balaban J connectivity index is 1.29. The average Bonchev–Trinajstić information content (AvgIpc) is 3.25. The van der Waals surface area contributed by atoms with E-state index in [1.165, 1.54) is 17.5 Å². The van der Waals surface area contributed by atoms with E-state index in [0.29, 0.717) is 19.4 Å². The van der Waals surface area contributed by atoms with Gasteiger partial charge in [0.1, 0.15) is 0 Å². The molecule has 0 radical (unpaired) electrons. The van der Waals surface area contributed by atoms with Crippen LogP contribution >= 0.6 is 11.3 Å². The van der Waals surface area contributed by atoms with E-state index in [1.54, 1.807) is 11.3 Å². The number of benzene rings is 1. The zero-order valence-corrected chi connectivity index (χ0v) is 13.5. The lowest BCUT2D eigenvalue weighted by atomic mass is 10.3. The van der Waals surface area contributed by atoms with Crippen molar-refractivity contribution in [2.45, 2.75) is 32.1 Å². The topological polar surface area (TPSA) is 51.2 Å². The zero-order chi connectivity index (χ0) is 15.2. The first-order chi connectivity index (χ1) is 10.8. The second-order valence-electron chi connectivity index (χ2n) is 5.80. The highest BCUT2D eigenvalue weighted by Crippen LogP contribution is 2.28. The quantitative estimate of drug-likeness (QED) is 0.723. The van der Waals surface area contributed by atoms with E-state index in [9.17, 15) is 4.79 Å². The molecule has 118 valence electrons.